The summed E-state index contributed by atoms with van der Waals surface area (Å²) in [5.41, 5.74) is 1.56. The van der Waals surface area contributed by atoms with Crippen LogP contribution in [-0.2, 0) is 0 Å². The number of allylic oxidation sites excluding steroid dienone is 2. The van der Waals surface area contributed by atoms with Crippen molar-refractivity contribution in [3.05, 3.63) is 58.9 Å². The van der Waals surface area contributed by atoms with Crippen molar-refractivity contribution >= 4 is 27.5 Å². The zero-order valence-corrected chi connectivity index (χ0v) is 18.2. The van der Waals surface area contributed by atoms with Crippen LogP contribution < -0.4 is 5.32 Å². The van der Waals surface area contributed by atoms with E-state index in [9.17, 15) is 5.11 Å². The summed E-state index contributed by atoms with van der Waals surface area (Å²) < 4.78 is 0.841. The van der Waals surface area contributed by atoms with Crippen molar-refractivity contribution in [3.63, 3.8) is 0 Å². The summed E-state index contributed by atoms with van der Waals surface area (Å²) in [5.74, 6) is 1.94. The smallest absolute Gasteiger partial charge is 0.130 e. The highest BCUT2D eigenvalue weighted by Crippen LogP contribution is 2.29. The SMILES string of the molecule is C=C/C(Br)=C1/NC(c2ccccc2O)=CC(=NCCCN(C)C2CCC2)N1C. The van der Waals surface area contributed by atoms with Crippen molar-refractivity contribution < 1.29 is 5.11 Å². The predicted octanol–water partition coefficient (Wildman–Crippen LogP) is 4.29. The number of likely N-dealkylation sites (N-methyl/N-ethyl adjacent to an activating group) is 1. The Morgan fingerprint density at radius 3 is 2.82 bits per heavy atom. The molecule has 5 nitrogen and oxygen atoms in total. The lowest BCUT2D eigenvalue weighted by molar-refractivity contribution is 0.159. The minimum absolute atomic E-state index is 0.237. The van der Waals surface area contributed by atoms with Gasteiger partial charge in [0.2, 0.25) is 0 Å². The average Bonchev–Trinajstić information content (AvgIpc) is 2.65. The first-order chi connectivity index (χ1) is 13.5. The Bertz CT molecular complexity index is 811. The molecule has 0 saturated heterocycles. The summed E-state index contributed by atoms with van der Waals surface area (Å²) in [7, 11) is 4.19. The quantitative estimate of drug-likeness (QED) is 0.615. The van der Waals surface area contributed by atoms with Crippen molar-refractivity contribution in [2.45, 2.75) is 31.7 Å². The fourth-order valence-electron chi connectivity index (χ4n) is 3.43. The molecule has 1 aromatic rings. The summed E-state index contributed by atoms with van der Waals surface area (Å²) in [6, 6.07) is 8.08. The van der Waals surface area contributed by atoms with Crippen molar-refractivity contribution in [1.29, 1.82) is 0 Å². The Hall–Kier alpha value is -2.05. The normalized spacial score (nSPS) is 20.6. The number of benzene rings is 1. The van der Waals surface area contributed by atoms with Crippen molar-refractivity contribution in [2.75, 3.05) is 27.2 Å². The molecule has 6 heteroatoms. The van der Waals surface area contributed by atoms with Gasteiger partial charge in [0.25, 0.3) is 0 Å². The zero-order valence-electron chi connectivity index (χ0n) is 16.7. The van der Waals surface area contributed by atoms with Crippen LogP contribution in [0.4, 0.5) is 0 Å². The highest BCUT2D eigenvalue weighted by Gasteiger charge is 2.23. The number of nitrogens with zero attached hydrogens (tertiary/aromatic N) is 3. The maximum absolute atomic E-state index is 10.3. The van der Waals surface area contributed by atoms with Gasteiger partial charge >= 0.3 is 0 Å². The molecule has 0 spiro atoms. The highest BCUT2D eigenvalue weighted by molar-refractivity contribution is 9.11. The largest absolute Gasteiger partial charge is 0.507 e. The molecule has 0 amide bonds. The number of aliphatic imine (C=N–C) groups is 1. The first kappa shape index (κ1) is 20.7. The molecular formula is C22H29BrN4O. The predicted molar refractivity (Wildman–Crippen MR) is 120 cm³/mol. The topological polar surface area (TPSA) is 51.1 Å². The number of phenols is 1. The number of amidine groups is 1. The lowest BCUT2D eigenvalue weighted by Gasteiger charge is -2.34. The van der Waals surface area contributed by atoms with Crippen LogP contribution >= 0.6 is 15.9 Å². The molecule has 0 bridgehead atoms. The Morgan fingerprint density at radius 1 is 1.43 bits per heavy atom. The number of phenolic OH excluding ortho intramolecular Hbond substituents is 1. The summed E-state index contributed by atoms with van der Waals surface area (Å²) in [5, 5.41) is 13.6. The number of hydrogen-bond acceptors (Lipinski definition) is 4. The first-order valence-corrected chi connectivity index (χ1v) is 10.6. The molecule has 0 aromatic heterocycles. The number of rotatable bonds is 7. The summed E-state index contributed by atoms with van der Waals surface area (Å²) in [6.45, 7) is 5.68. The Labute approximate surface area is 176 Å². The number of nitrogens with one attached hydrogen (secondary N) is 1. The second kappa shape index (κ2) is 9.43. The molecule has 0 atom stereocenters. The van der Waals surface area contributed by atoms with Gasteiger partial charge in [0, 0.05) is 31.3 Å². The van der Waals surface area contributed by atoms with Gasteiger partial charge < -0.3 is 20.2 Å². The van der Waals surface area contributed by atoms with E-state index in [0.717, 1.165) is 53.0 Å². The molecule has 2 aliphatic rings. The van der Waals surface area contributed by atoms with Crippen LogP contribution in [0.2, 0.25) is 0 Å². The molecule has 1 fully saturated rings. The van der Waals surface area contributed by atoms with Gasteiger partial charge in [-0.1, -0.05) is 31.2 Å². The third-order valence-electron chi connectivity index (χ3n) is 5.45. The lowest BCUT2D eigenvalue weighted by Crippen LogP contribution is -2.38. The van der Waals surface area contributed by atoms with E-state index in [-0.39, 0.29) is 5.75 Å². The second-order valence-corrected chi connectivity index (χ2v) is 8.17. The number of hydrogen-bond donors (Lipinski definition) is 2. The van der Waals surface area contributed by atoms with Crippen LogP contribution in [-0.4, -0.2) is 54.0 Å². The number of para-hydroxylation sites is 1. The molecule has 1 aliphatic heterocycles. The Kier molecular flexibility index (Phi) is 6.97. The molecule has 2 N–H and O–H groups in total. The fourth-order valence-corrected chi connectivity index (χ4v) is 3.79. The van der Waals surface area contributed by atoms with Gasteiger partial charge in [0.15, 0.2) is 0 Å². The van der Waals surface area contributed by atoms with Crippen molar-refractivity contribution in [1.82, 2.24) is 15.1 Å². The molecule has 0 radical (unpaired) electrons. The maximum Gasteiger partial charge on any atom is 0.130 e. The zero-order chi connectivity index (χ0) is 20.1. The third-order valence-corrected chi connectivity index (χ3v) is 6.15. The molecular weight excluding hydrogens is 416 g/mol. The minimum Gasteiger partial charge on any atom is -0.507 e. The molecule has 28 heavy (non-hydrogen) atoms. The third kappa shape index (κ3) is 4.67. The van der Waals surface area contributed by atoms with Gasteiger partial charge in [-0.3, -0.25) is 4.99 Å². The standard InChI is InChI=1S/C22H29BrN4O/c1-4-18(23)22-25-19(17-11-5-6-12-20(17)28)15-21(27(22)3)24-13-8-14-26(2)16-9-7-10-16/h4-6,11-12,15-16,25,28H,1,7-10,13-14H2,2-3H3/b22-18+,24-21?. The number of aromatic hydroxyl groups is 1. The van der Waals surface area contributed by atoms with E-state index in [4.69, 9.17) is 4.99 Å². The highest BCUT2D eigenvalue weighted by atomic mass is 79.9. The van der Waals surface area contributed by atoms with Crippen molar-refractivity contribution in [2.24, 2.45) is 4.99 Å². The van der Waals surface area contributed by atoms with E-state index >= 15 is 0 Å². The van der Waals surface area contributed by atoms with Gasteiger partial charge in [-0.2, -0.15) is 0 Å². The summed E-state index contributed by atoms with van der Waals surface area (Å²) >= 11 is 3.56. The van der Waals surface area contributed by atoms with E-state index in [1.54, 1.807) is 12.1 Å². The van der Waals surface area contributed by atoms with Crippen LogP contribution in [0.25, 0.3) is 5.70 Å². The lowest BCUT2D eigenvalue weighted by atomic mass is 9.92. The van der Waals surface area contributed by atoms with Gasteiger partial charge in [-0.05, 0) is 60.9 Å². The monoisotopic (exact) mass is 444 g/mol. The molecule has 1 aromatic carbocycles. The van der Waals surface area contributed by atoms with E-state index in [1.807, 2.05) is 36.2 Å². The van der Waals surface area contributed by atoms with Crippen LogP contribution in [0, 0.1) is 0 Å². The number of halogens is 1. The fraction of sp³-hybridized carbons (Fsp3) is 0.409. The molecule has 150 valence electrons. The van der Waals surface area contributed by atoms with Gasteiger partial charge in [-0.25, -0.2) is 0 Å². The van der Waals surface area contributed by atoms with Crippen molar-refractivity contribution in [3.8, 4) is 5.75 Å². The van der Waals surface area contributed by atoms with E-state index < -0.39 is 0 Å². The molecule has 1 heterocycles. The average molecular weight is 445 g/mol. The second-order valence-electron chi connectivity index (χ2n) is 7.32. The molecule has 3 rings (SSSR count). The first-order valence-electron chi connectivity index (χ1n) is 9.79. The maximum atomic E-state index is 10.3. The molecule has 1 saturated carbocycles. The Morgan fingerprint density at radius 2 is 2.18 bits per heavy atom. The van der Waals surface area contributed by atoms with Crippen LogP contribution in [0.15, 0.2) is 58.3 Å². The summed E-state index contributed by atoms with van der Waals surface area (Å²) in [4.78, 5) is 9.30. The minimum atomic E-state index is 0.237. The molecule has 0 unspecified atom stereocenters. The van der Waals surface area contributed by atoms with Gasteiger partial charge in [0.1, 0.15) is 17.4 Å². The van der Waals surface area contributed by atoms with Gasteiger partial charge in [0.05, 0.1) is 10.2 Å². The van der Waals surface area contributed by atoms with Gasteiger partial charge in [-0.15, -0.1) is 0 Å². The van der Waals surface area contributed by atoms with Crippen LogP contribution in [0.5, 0.6) is 5.75 Å². The Balaban J connectivity index is 1.79. The summed E-state index contributed by atoms with van der Waals surface area (Å²) in [6.07, 6.45) is 8.78. The van der Waals surface area contributed by atoms with Crippen LogP contribution in [0.3, 0.4) is 0 Å². The van der Waals surface area contributed by atoms with E-state index in [2.05, 4.69) is 39.8 Å². The van der Waals surface area contributed by atoms with Crippen LogP contribution in [0.1, 0.15) is 31.2 Å². The molecule has 1 aliphatic carbocycles. The van der Waals surface area contributed by atoms with E-state index in [1.165, 1.54) is 19.3 Å². The van der Waals surface area contributed by atoms with E-state index in [0.29, 0.717) is 0 Å².